The standard InChI is InChI=1S/C25H26N6O3/c1-14-28-20-5-3-16(11-22(20)29-14)30-25(27)19(13-26)24(32)23-10-15-2-4-18(12-21(15)31-23)34-17-6-8-33-9-7-17/h2-5,10-13,17,26,30-31H,6-9,27H2,1H3,(H,28,29)/b25-19+,26-13?. The van der Waals surface area contributed by atoms with Gasteiger partial charge >= 0.3 is 0 Å². The highest BCUT2D eigenvalue weighted by Gasteiger charge is 2.19. The van der Waals surface area contributed by atoms with Crippen LogP contribution in [0.25, 0.3) is 21.9 Å². The first-order valence-electron chi connectivity index (χ1n) is 11.2. The topological polar surface area (TPSA) is 142 Å². The lowest BCUT2D eigenvalue weighted by atomic mass is 10.1. The van der Waals surface area contributed by atoms with E-state index in [0.717, 1.165) is 52.6 Å². The zero-order chi connectivity index (χ0) is 23.7. The number of aromatic nitrogens is 3. The van der Waals surface area contributed by atoms with Crippen LogP contribution in [0.15, 0.2) is 53.9 Å². The number of hydrogen-bond donors (Lipinski definition) is 5. The smallest absolute Gasteiger partial charge is 0.214 e. The summed E-state index contributed by atoms with van der Waals surface area (Å²) >= 11 is 0. The number of nitrogens with two attached hydrogens (primary N) is 1. The number of Topliss-reactive ketones (excluding diaryl/α,β-unsaturated/α-hetero) is 1. The van der Waals surface area contributed by atoms with E-state index in [9.17, 15) is 4.79 Å². The number of allylic oxidation sites excluding steroid dienone is 1. The predicted molar refractivity (Wildman–Crippen MR) is 132 cm³/mol. The second-order valence-corrected chi connectivity index (χ2v) is 8.34. The Kier molecular flexibility index (Phi) is 5.77. The molecule has 174 valence electrons. The molecular formula is C25H26N6O3. The van der Waals surface area contributed by atoms with Crippen LogP contribution in [0.3, 0.4) is 0 Å². The number of H-pyrrole nitrogens is 2. The summed E-state index contributed by atoms with van der Waals surface area (Å²) in [4.78, 5) is 23.9. The molecule has 2 aromatic heterocycles. The fourth-order valence-corrected chi connectivity index (χ4v) is 4.13. The molecule has 3 heterocycles. The van der Waals surface area contributed by atoms with E-state index in [2.05, 4.69) is 20.3 Å². The molecule has 0 amide bonds. The van der Waals surface area contributed by atoms with Crippen LogP contribution in [0.4, 0.5) is 5.69 Å². The number of carbonyl (C=O) groups is 1. The van der Waals surface area contributed by atoms with Gasteiger partial charge in [0, 0.05) is 41.7 Å². The van der Waals surface area contributed by atoms with Crippen molar-refractivity contribution in [2.75, 3.05) is 18.5 Å². The molecule has 1 aliphatic rings. The molecule has 0 saturated carbocycles. The average Bonchev–Trinajstić information content (AvgIpc) is 3.42. The van der Waals surface area contributed by atoms with E-state index in [1.807, 2.05) is 43.3 Å². The fourth-order valence-electron chi connectivity index (χ4n) is 4.13. The molecule has 0 bridgehead atoms. The highest BCUT2D eigenvalue weighted by atomic mass is 16.5. The average molecular weight is 459 g/mol. The molecule has 5 rings (SSSR count). The van der Waals surface area contributed by atoms with Crippen molar-refractivity contribution in [1.29, 1.82) is 5.41 Å². The van der Waals surface area contributed by atoms with Crippen molar-refractivity contribution in [3.63, 3.8) is 0 Å². The summed E-state index contributed by atoms with van der Waals surface area (Å²) in [7, 11) is 0. The summed E-state index contributed by atoms with van der Waals surface area (Å²) in [6.07, 6.45) is 2.82. The second-order valence-electron chi connectivity index (χ2n) is 8.34. The van der Waals surface area contributed by atoms with Crippen molar-refractivity contribution >= 4 is 39.6 Å². The van der Waals surface area contributed by atoms with Crippen LogP contribution in [-0.2, 0) is 4.74 Å². The van der Waals surface area contributed by atoms with E-state index in [1.165, 1.54) is 0 Å². The van der Waals surface area contributed by atoms with Gasteiger partial charge in [-0.05, 0) is 43.3 Å². The van der Waals surface area contributed by atoms with Crippen molar-refractivity contribution in [3.8, 4) is 5.75 Å². The summed E-state index contributed by atoms with van der Waals surface area (Å²) in [5.41, 5.74) is 9.75. The van der Waals surface area contributed by atoms with E-state index in [4.69, 9.17) is 20.6 Å². The van der Waals surface area contributed by atoms with Crippen LogP contribution >= 0.6 is 0 Å². The van der Waals surface area contributed by atoms with E-state index >= 15 is 0 Å². The SMILES string of the molecule is Cc1nc2cc(N/C(N)=C(\C=N)C(=O)c3cc4ccc(OC5CCOCC5)cc4[nH]3)ccc2[nH]1. The summed E-state index contributed by atoms with van der Waals surface area (Å²) in [6.45, 7) is 3.29. The van der Waals surface area contributed by atoms with Gasteiger partial charge in [-0.1, -0.05) is 0 Å². The third kappa shape index (κ3) is 4.38. The molecule has 34 heavy (non-hydrogen) atoms. The van der Waals surface area contributed by atoms with Gasteiger partial charge in [0.25, 0.3) is 0 Å². The number of nitrogens with zero attached hydrogens (tertiary/aromatic N) is 1. The Bertz CT molecular complexity index is 1410. The molecule has 0 atom stereocenters. The van der Waals surface area contributed by atoms with Gasteiger partial charge < -0.3 is 35.9 Å². The number of imidazole rings is 1. The van der Waals surface area contributed by atoms with E-state index in [0.29, 0.717) is 24.6 Å². The molecule has 0 spiro atoms. The van der Waals surface area contributed by atoms with Crippen LogP contribution in [0, 0.1) is 12.3 Å². The first kappa shape index (κ1) is 21.7. The fraction of sp³-hybridized carbons (Fsp3) is 0.240. The molecule has 0 aliphatic carbocycles. The molecule has 1 saturated heterocycles. The molecule has 2 aromatic carbocycles. The number of ketones is 1. The molecule has 9 heteroatoms. The first-order valence-corrected chi connectivity index (χ1v) is 11.2. The normalized spacial score (nSPS) is 15.3. The minimum atomic E-state index is -0.375. The van der Waals surface area contributed by atoms with Gasteiger partial charge in [0.1, 0.15) is 23.5 Å². The molecule has 1 fully saturated rings. The van der Waals surface area contributed by atoms with Crippen molar-refractivity contribution < 1.29 is 14.3 Å². The molecule has 1 aliphatic heterocycles. The Morgan fingerprint density at radius 1 is 1.18 bits per heavy atom. The quantitative estimate of drug-likeness (QED) is 0.161. The molecular weight excluding hydrogens is 432 g/mol. The Hall–Kier alpha value is -4.11. The minimum absolute atomic E-state index is 0.0588. The molecule has 9 nitrogen and oxygen atoms in total. The summed E-state index contributed by atoms with van der Waals surface area (Å²) in [5.74, 6) is 1.27. The van der Waals surface area contributed by atoms with E-state index in [-0.39, 0.29) is 23.3 Å². The third-order valence-electron chi connectivity index (χ3n) is 5.87. The monoisotopic (exact) mass is 458 g/mol. The maximum atomic E-state index is 13.2. The van der Waals surface area contributed by atoms with Crippen molar-refractivity contribution in [2.45, 2.75) is 25.9 Å². The Balaban J connectivity index is 1.37. The van der Waals surface area contributed by atoms with Gasteiger partial charge in [-0.2, -0.15) is 0 Å². The zero-order valence-electron chi connectivity index (χ0n) is 18.8. The van der Waals surface area contributed by atoms with E-state index < -0.39 is 0 Å². The molecule has 0 unspecified atom stereocenters. The summed E-state index contributed by atoms with van der Waals surface area (Å²) < 4.78 is 11.5. The lowest BCUT2D eigenvalue weighted by Crippen LogP contribution is -2.25. The van der Waals surface area contributed by atoms with E-state index in [1.54, 1.807) is 6.07 Å². The first-order chi connectivity index (χ1) is 16.5. The number of rotatable bonds is 7. The second kappa shape index (κ2) is 9.03. The van der Waals surface area contributed by atoms with Gasteiger partial charge in [0.2, 0.25) is 5.78 Å². The highest BCUT2D eigenvalue weighted by molar-refractivity contribution is 6.21. The third-order valence-corrected chi connectivity index (χ3v) is 5.87. The van der Waals surface area contributed by atoms with Gasteiger partial charge in [0.05, 0.1) is 35.5 Å². The lowest BCUT2D eigenvalue weighted by Gasteiger charge is -2.23. The molecule has 0 radical (unpaired) electrons. The number of ether oxygens (including phenoxy) is 2. The predicted octanol–water partition coefficient (Wildman–Crippen LogP) is 4.03. The largest absolute Gasteiger partial charge is 0.490 e. The Morgan fingerprint density at radius 2 is 2.00 bits per heavy atom. The number of fused-ring (bicyclic) bond motifs is 2. The molecule has 4 aromatic rings. The van der Waals surface area contributed by atoms with Crippen molar-refractivity contribution in [2.24, 2.45) is 5.73 Å². The number of nitrogens with one attached hydrogen (secondary N) is 4. The van der Waals surface area contributed by atoms with Crippen LogP contribution in [0.2, 0.25) is 0 Å². The van der Waals surface area contributed by atoms with Crippen molar-refractivity contribution in [3.05, 3.63) is 65.4 Å². The number of anilines is 1. The number of hydrogen-bond acceptors (Lipinski definition) is 7. The summed E-state index contributed by atoms with van der Waals surface area (Å²) in [5, 5.41) is 11.7. The van der Waals surface area contributed by atoms with Gasteiger partial charge in [-0.25, -0.2) is 4.98 Å². The van der Waals surface area contributed by atoms with Crippen LogP contribution in [0.5, 0.6) is 5.75 Å². The van der Waals surface area contributed by atoms with Gasteiger partial charge in [0.15, 0.2) is 0 Å². The van der Waals surface area contributed by atoms with Gasteiger partial charge in [-0.15, -0.1) is 0 Å². The number of benzene rings is 2. The van der Waals surface area contributed by atoms with Gasteiger partial charge in [-0.3, -0.25) is 4.79 Å². The van der Waals surface area contributed by atoms with Crippen LogP contribution < -0.4 is 15.8 Å². The maximum Gasteiger partial charge on any atom is 0.214 e. The number of aromatic amines is 2. The maximum absolute atomic E-state index is 13.2. The van der Waals surface area contributed by atoms with Crippen LogP contribution in [-0.4, -0.2) is 46.3 Å². The highest BCUT2D eigenvalue weighted by Crippen LogP contribution is 2.25. The number of carbonyl (C=O) groups excluding carboxylic acids is 1. The van der Waals surface area contributed by atoms with Crippen LogP contribution in [0.1, 0.15) is 29.2 Å². The number of aryl methyl sites for hydroxylation is 1. The minimum Gasteiger partial charge on any atom is -0.490 e. The lowest BCUT2D eigenvalue weighted by molar-refractivity contribution is 0.0256. The Labute approximate surface area is 195 Å². The molecule has 6 N–H and O–H groups in total. The van der Waals surface area contributed by atoms with Crippen molar-refractivity contribution in [1.82, 2.24) is 15.0 Å². The Morgan fingerprint density at radius 3 is 2.79 bits per heavy atom. The summed E-state index contributed by atoms with van der Waals surface area (Å²) in [6, 6.07) is 13.0. The zero-order valence-corrected chi connectivity index (χ0v) is 18.8.